The van der Waals surface area contributed by atoms with Crippen molar-refractivity contribution < 1.29 is 14.4 Å². The fourth-order valence-electron chi connectivity index (χ4n) is 4.04. The van der Waals surface area contributed by atoms with Crippen LogP contribution in [0.15, 0.2) is 88.5 Å². The maximum absolute atomic E-state index is 13.4. The minimum absolute atomic E-state index is 0.284. The Balaban J connectivity index is 1.72. The Morgan fingerprint density at radius 3 is 2.41 bits per heavy atom. The number of nitrogens with zero attached hydrogens (tertiary/aromatic N) is 1. The summed E-state index contributed by atoms with van der Waals surface area (Å²) in [7, 11) is 0. The maximum atomic E-state index is 13.4. The maximum Gasteiger partial charge on any atom is 0.245 e. The van der Waals surface area contributed by atoms with Crippen LogP contribution in [0.5, 0.6) is 0 Å². The van der Waals surface area contributed by atoms with E-state index in [1.807, 2.05) is 54.6 Å². The van der Waals surface area contributed by atoms with Crippen LogP contribution < -0.4 is 5.32 Å². The molecule has 1 amide bonds. The number of nitrogens with one attached hydrogen (secondary N) is 1. The van der Waals surface area contributed by atoms with Gasteiger partial charge in [0.2, 0.25) is 17.8 Å². The topological polar surface area (TPSA) is 67.8 Å². The second-order valence-electron chi connectivity index (χ2n) is 6.97. The highest BCUT2D eigenvalue weighted by molar-refractivity contribution is 9.10. The molecule has 2 heterocycles. The largest absolute Gasteiger partial charge is 0.382 e. The summed E-state index contributed by atoms with van der Waals surface area (Å²) in [4.78, 5) is 32.5. The van der Waals surface area contributed by atoms with Gasteiger partial charge in [-0.15, -0.1) is 0 Å². The Hall–Kier alpha value is -3.25. The van der Waals surface area contributed by atoms with E-state index >= 15 is 0 Å². The highest BCUT2D eigenvalue weighted by atomic mass is 79.9. The number of Topliss-reactive ketones (excluding diaryl/α,β-unsaturated/α-hetero) is 1. The second-order valence-corrected chi connectivity index (χ2v) is 7.89. The fraction of sp³-hybridized carbons (Fsp3) is 0.0870. The van der Waals surface area contributed by atoms with Gasteiger partial charge in [-0.05, 0) is 18.2 Å². The van der Waals surface area contributed by atoms with Crippen molar-refractivity contribution in [3.63, 3.8) is 0 Å². The summed E-state index contributed by atoms with van der Waals surface area (Å²) in [5, 5.41) is 7.18. The summed E-state index contributed by atoms with van der Waals surface area (Å²) in [6.45, 7) is 0. The summed E-state index contributed by atoms with van der Waals surface area (Å²) in [6.07, 6.45) is -1.09. The van der Waals surface area contributed by atoms with E-state index in [9.17, 15) is 9.59 Å². The number of carbonyl (C=O) groups excluding carboxylic acids is 2. The molecule has 0 aliphatic carbocycles. The van der Waals surface area contributed by atoms with Gasteiger partial charge in [0, 0.05) is 26.9 Å². The van der Waals surface area contributed by atoms with Crippen LogP contribution in [0, 0.1) is 0 Å². The molecular formula is C23H15BrN2O3. The first kappa shape index (κ1) is 17.8. The van der Waals surface area contributed by atoms with Crippen LogP contribution in [0.3, 0.4) is 0 Å². The molecule has 0 aromatic heterocycles. The minimum atomic E-state index is -1.35. The molecule has 3 aromatic rings. The molecular weight excluding hydrogens is 432 g/mol. The van der Waals surface area contributed by atoms with Crippen molar-refractivity contribution in [2.75, 3.05) is 5.32 Å². The zero-order chi connectivity index (χ0) is 20.0. The molecule has 2 atom stereocenters. The lowest BCUT2D eigenvalue weighted by Crippen LogP contribution is -2.52. The van der Waals surface area contributed by atoms with Crippen LogP contribution in [-0.2, 0) is 15.0 Å². The van der Waals surface area contributed by atoms with E-state index in [0.717, 1.165) is 10.0 Å². The predicted molar refractivity (Wildman–Crippen MR) is 113 cm³/mol. The lowest BCUT2D eigenvalue weighted by Gasteiger charge is -2.27. The molecule has 3 aromatic carbocycles. The van der Waals surface area contributed by atoms with E-state index in [-0.39, 0.29) is 11.7 Å². The Bertz CT molecular complexity index is 1160. The van der Waals surface area contributed by atoms with Gasteiger partial charge in [0.05, 0.1) is 0 Å². The third kappa shape index (κ3) is 2.56. The van der Waals surface area contributed by atoms with Crippen molar-refractivity contribution in [2.45, 2.75) is 11.5 Å². The number of hydrogen-bond donors (Lipinski definition) is 1. The van der Waals surface area contributed by atoms with Crippen LogP contribution in [0.2, 0.25) is 0 Å². The number of fused-ring (bicyclic) bond motifs is 2. The van der Waals surface area contributed by atoms with Crippen LogP contribution in [0.1, 0.15) is 21.5 Å². The average molecular weight is 447 g/mol. The van der Waals surface area contributed by atoms with E-state index in [1.54, 1.807) is 24.3 Å². The lowest BCUT2D eigenvalue weighted by atomic mass is 9.69. The average Bonchev–Trinajstić information content (AvgIpc) is 3.29. The molecule has 0 fully saturated rings. The van der Waals surface area contributed by atoms with Gasteiger partial charge in [-0.25, -0.2) is 0 Å². The first-order valence-electron chi connectivity index (χ1n) is 9.13. The van der Waals surface area contributed by atoms with Gasteiger partial charge in [-0.2, -0.15) is 0 Å². The molecule has 5 rings (SSSR count). The van der Waals surface area contributed by atoms with E-state index in [4.69, 9.17) is 4.84 Å². The molecule has 0 radical (unpaired) electrons. The normalized spacial score (nSPS) is 22.0. The third-order valence-electron chi connectivity index (χ3n) is 5.39. The minimum Gasteiger partial charge on any atom is -0.382 e. The summed E-state index contributed by atoms with van der Waals surface area (Å²) in [5.74, 6) is -0.597. The van der Waals surface area contributed by atoms with Crippen LogP contribution in [-0.4, -0.2) is 23.5 Å². The number of benzene rings is 3. The van der Waals surface area contributed by atoms with Crippen LogP contribution in [0.4, 0.5) is 5.69 Å². The first-order valence-corrected chi connectivity index (χ1v) is 9.92. The van der Waals surface area contributed by atoms with E-state index in [2.05, 4.69) is 26.4 Å². The summed E-state index contributed by atoms with van der Waals surface area (Å²) in [5.41, 5.74) is 1.64. The number of para-hydroxylation sites is 1. The predicted octanol–water partition coefficient (Wildman–Crippen LogP) is 4.33. The number of hydrogen-bond acceptors (Lipinski definition) is 4. The third-order valence-corrected chi connectivity index (χ3v) is 5.92. The van der Waals surface area contributed by atoms with E-state index < -0.39 is 11.5 Å². The van der Waals surface area contributed by atoms with Crippen molar-refractivity contribution in [2.24, 2.45) is 5.16 Å². The highest BCUT2D eigenvalue weighted by Crippen LogP contribution is 2.47. The smallest absolute Gasteiger partial charge is 0.245 e. The number of amides is 1. The molecule has 1 N–H and O–H groups in total. The molecule has 142 valence electrons. The van der Waals surface area contributed by atoms with E-state index in [0.29, 0.717) is 22.5 Å². The van der Waals surface area contributed by atoms with Crippen LogP contribution >= 0.6 is 15.9 Å². The van der Waals surface area contributed by atoms with Crippen molar-refractivity contribution >= 4 is 39.0 Å². The summed E-state index contributed by atoms with van der Waals surface area (Å²) >= 11 is 3.43. The van der Waals surface area contributed by atoms with Crippen molar-refractivity contribution in [3.8, 4) is 0 Å². The molecule has 6 heteroatoms. The number of halogens is 1. The number of ketones is 1. The Morgan fingerprint density at radius 1 is 0.966 bits per heavy atom. The molecule has 2 aliphatic rings. The molecule has 5 nitrogen and oxygen atoms in total. The quantitative estimate of drug-likeness (QED) is 0.608. The van der Waals surface area contributed by atoms with Gasteiger partial charge < -0.3 is 10.2 Å². The lowest BCUT2D eigenvalue weighted by molar-refractivity contribution is -0.120. The molecule has 0 saturated heterocycles. The van der Waals surface area contributed by atoms with Gasteiger partial charge in [-0.1, -0.05) is 81.7 Å². The van der Waals surface area contributed by atoms with Crippen molar-refractivity contribution in [1.29, 1.82) is 0 Å². The summed E-state index contributed by atoms with van der Waals surface area (Å²) < 4.78 is 0.906. The van der Waals surface area contributed by atoms with Crippen LogP contribution in [0.25, 0.3) is 0 Å². The fourth-order valence-corrected chi connectivity index (χ4v) is 4.31. The second kappa shape index (κ2) is 6.67. The zero-order valence-corrected chi connectivity index (χ0v) is 16.7. The molecule has 29 heavy (non-hydrogen) atoms. The van der Waals surface area contributed by atoms with Crippen molar-refractivity contribution in [3.05, 3.63) is 100 Å². The van der Waals surface area contributed by atoms with Crippen molar-refractivity contribution in [1.82, 2.24) is 0 Å². The SMILES string of the molecule is O=C(c1ccccc1)[C@@H]1ON=C(c2ccc(Br)cc2)[C@]12C(=O)Nc1ccccc12. The molecule has 0 bridgehead atoms. The highest BCUT2D eigenvalue weighted by Gasteiger charge is 2.63. The Morgan fingerprint density at radius 2 is 1.66 bits per heavy atom. The number of carbonyl (C=O) groups is 2. The molecule has 2 aliphatic heterocycles. The van der Waals surface area contributed by atoms with Gasteiger partial charge >= 0.3 is 0 Å². The molecule has 0 saturated carbocycles. The number of rotatable bonds is 3. The van der Waals surface area contributed by atoms with E-state index in [1.165, 1.54) is 0 Å². The van der Waals surface area contributed by atoms with Gasteiger partial charge in [0.15, 0.2) is 5.41 Å². The van der Waals surface area contributed by atoms with Gasteiger partial charge in [-0.3, -0.25) is 9.59 Å². The number of anilines is 1. The standard InChI is InChI=1S/C23H15BrN2O3/c24-16-12-10-15(11-13-16)20-23(17-8-4-5-9-18(17)25-22(23)28)21(29-26-20)19(27)14-6-2-1-3-7-14/h1-13,21H,(H,25,28)/t21-,23-/m0/s1. The zero-order valence-electron chi connectivity index (χ0n) is 15.1. The van der Waals surface area contributed by atoms with Gasteiger partial charge in [0.25, 0.3) is 0 Å². The molecule has 0 unspecified atom stereocenters. The Kier molecular flexibility index (Phi) is 4.10. The summed E-state index contributed by atoms with van der Waals surface area (Å²) in [6, 6.07) is 23.7. The monoisotopic (exact) mass is 446 g/mol. The molecule has 1 spiro atoms. The number of oxime groups is 1. The van der Waals surface area contributed by atoms with Gasteiger partial charge in [0.1, 0.15) is 5.71 Å². The Labute approximate surface area is 175 Å². The first-order chi connectivity index (χ1) is 14.1.